The Hall–Kier alpha value is -6.09. The molecule has 0 saturated carbocycles. The van der Waals surface area contributed by atoms with Gasteiger partial charge in [0.15, 0.2) is 5.69 Å². The van der Waals surface area contributed by atoms with E-state index in [2.05, 4.69) is 52.7 Å². The molecule has 3 heterocycles. The summed E-state index contributed by atoms with van der Waals surface area (Å²) in [6.07, 6.45) is 1.20. The fraction of sp³-hybridized carbons (Fsp3) is 0.566. The van der Waals surface area contributed by atoms with E-state index < -0.39 is 101 Å². The molecule has 2 saturated heterocycles. The fourth-order valence-electron chi connectivity index (χ4n) is 9.08. The molecule has 0 spiro atoms. The summed E-state index contributed by atoms with van der Waals surface area (Å²) in [4.78, 5) is 114. The number of amides is 8. The first-order chi connectivity index (χ1) is 34.3. The van der Waals surface area contributed by atoms with E-state index in [9.17, 15) is 38.4 Å². The zero-order valence-electron chi connectivity index (χ0n) is 45.3. The first-order valence-electron chi connectivity index (χ1n) is 25.2. The van der Waals surface area contributed by atoms with Crippen LogP contribution in [0.1, 0.15) is 114 Å². The molecule has 0 aliphatic carbocycles. The Kier molecular flexibility index (Phi) is 23.3. The molecule has 20 nitrogen and oxygen atoms in total. The molecule has 2 aliphatic heterocycles. The van der Waals surface area contributed by atoms with Crippen LogP contribution in [0.25, 0.3) is 0 Å². The highest BCUT2D eigenvalue weighted by atomic mass is 35.5. The van der Waals surface area contributed by atoms with Gasteiger partial charge >= 0.3 is 0 Å². The van der Waals surface area contributed by atoms with Crippen molar-refractivity contribution < 1.29 is 38.4 Å². The molecular formula is C53H80Cl2N12O8. The third kappa shape index (κ3) is 17.2. The van der Waals surface area contributed by atoms with Gasteiger partial charge in [0.25, 0.3) is 11.8 Å². The van der Waals surface area contributed by atoms with Crippen molar-refractivity contribution in [1.82, 2.24) is 62.5 Å². The number of halogens is 2. The fourth-order valence-corrected chi connectivity index (χ4v) is 9.08. The first kappa shape index (κ1) is 63.2. The third-order valence-electron chi connectivity index (χ3n) is 13.5. The highest BCUT2D eigenvalue weighted by Crippen LogP contribution is 2.29. The number of rotatable bonds is 20. The number of carbonyl (C=O) groups excluding carboxylic acids is 8. The zero-order chi connectivity index (χ0) is 53.9. The van der Waals surface area contributed by atoms with E-state index in [1.807, 2.05) is 116 Å². The van der Waals surface area contributed by atoms with E-state index >= 15 is 0 Å². The first-order valence-corrected chi connectivity index (χ1v) is 25.2. The molecule has 22 heteroatoms. The standard InChI is InChI=1S/C53H78N12O8.2ClH/c1-30(23-34-19-15-13-16-20-34)56-48(70)40-25-36(28-64(40)50(72)42(52(5,6)7)60-44(66)32(3)54-11)58-46(68)38-27-39(63-62-38)47(69)59-37-26-41(49(71)57-31(2)24-35-21-17-14-18-22-35)65(29-37)51(73)43(53(8,9)10)61-45(67)33(4)55-12;;/h13-22,27,30-33,36-37,40-43,54-55H,23-26,28-29H2,1-12H3,(H,56,70)(H,57,71)(H,58,68)(H,59,69)(H,60,66)(H,61,67)(H,62,63);2*1H/t30-,31-,32+,33+,36+,37+,40+,41+,42-,43-;;/m1../s1. The second-order valence-electron chi connectivity index (χ2n) is 21.8. The van der Waals surface area contributed by atoms with Crippen molar-refractivity contribution in [3.63, 3.8) is 0 Å². The summed E-state index contributed by atoms with van der Waals surface area (Å²) >= 11 is 0. The summed E-state index contributed by atoms with van der Waals surface area (Å²) in [6.45, 7) is 17.9. The van der Waals surface area contributed by atoms with Gasteiger partial charge in [-0.05, 0) is 89.4 Å². The van der Waals surface area contributed by atoms with Gasteiger partial charge in [-0.25, -0.2) is 0 Å². The molecule has 5 rings (SSSR count). The number of nitrogens with zero attached hydrogens (tertiary/aromatic N) is 3. The van der Waals surface area contributed by atoms with Gasteiger partial charge in [0.1, 0.15) is 29.9 Å². The maximum absolute atomic E-state index is 14.5. The lowest BCUT2D eigenvalue weighted by molar-refractivity contribution is -0.144. The summed E-state index contributed by atoms with van der Waals surface area (Å²) in [6, 6.07) is 13.4. The molecule has 0 unspecified atom stereocenters. The Morgan fingerprint density at radius 3 is 1.32 bits per heavy atom. The molecule has 9 N–H and O–H groups in total. The van der Waals surface area contributed by atoms with Crippen molar-refractivity contribution in [1.29, 1.82) is 0 Å². The minimum Gasteiger partial charge on any atom is -0.352 e. The van der Waals surface area contributed by atoms with E-state index in [1.165, 1.54) is 15.9 Å². The summed E-state index contributed by atoms with van der Waals surface area (Å²) < 4.78 is 0. The van der Waals surface area contributed by atoms with Crippen LogP contribution in [0, 0.1) is 10.8 Å². The van der Waals surface area contributed by atoms with Crippen molar-refractivity contribution in [2.45, 2.75) is 155 Å². The lowest BCUT2D eigenvalue weighted by Crippen LogP contribution is -2.60. The quantitative estimate of drug-likeness (QED) is 0.0794. The predicted molar refractivity (Wildman–Crippen MR) is 291 cm³/mol. The Morgan fingerprint density at radius 1 is 0.587 bits per heavy atom. The number of aromatic nitrogens is 2. The molecule has 10 atom stereocenters. The number of likely N-dealkylation sites (tertiary alicyclic amines) is 2. The monoisotopic (exact) mass is 1080 g/mol. The van der Waals surface area contributed by atoms with E-state index in [1.54, 1.807) is 27.9 Å². The van der Waals surface area contributed by atoms with Crippen molar-refractivity contribution in [2.75, 3.05) is 27.2 Å². The van der Waals surface area contributed by atoms with E-state index in [-0.39, 0.29) is 80.1 Å². The Balaban J connectivity index is 0.00000741. The number of hydrogen-bond donors (Lipinski definition) is 9. The van der Waals surface area contributed by atoms with Crippen LogP contribution < -0.4 is 42.5 Å². The maximum atomic E-state index is 14.5. The Labute approximate surface area is 453 Å². The van der Waals surface area contributed by atoms with Gasteiger partial charge in [-0.2, -0.15) is 5.10 Å². The number of H-pyrrole nitrogens is 1. The van der Waals surface area contributed by atoms with Gasteiger partial charge in [0, 0.05) is 43.3 Å². The van der Waals surface area contributed by atoms with Gasteiger partial charge in [0.05, 0.1) is 12.1 Å². The second-order valence-corrected chi connectivity index (χ2v) is 21.8. The van der Waals surface area contributed by atoms with Gasteiger partial charge in [0.2, 0.25) is 35.4 Å². The molecule has 8 amide bonds. The molecule has 2 aliphatic rings. The SMILES string of the molecule is CN[C@@H](C)C(=O)N[C@H](C(=O)N1C[C@@H](NC(=O)c2cc(C(=O)N[C@H]3C[C@@H](C(=O)N[C@H](C)Cc4ccccc4)N(C(=O)[C@@H](NC(=O)[C@H](C)NC)C(C)(C)C)C3)[nH]n2)C[C@H]1C(=O)N[C@H](C)Cc1ccccc1)C(C)(C)C.Cl.Cl. The molecule has 414 valence electrons. The molecular weight excluding hydrogens is 1000 g/mol. The largest absolute Gasteiger partial charge is 0.352 e. The highest BCUT2D eigenvalue weighted by Gasteiger charge is 2.48. The van der Waals surface area contributed by atoms with Gasteiger partial charge < -0.3 is 52.3 Å². The number of nitrogens with one attached hydrogen (secondary N) is 9. The van der Waals surface area contributed by atoms with E-state index in [4.69, 9.17) is 0 Å². The van der Waals surface area contributed by atoms with Crippen molar-refractivity contribution in [3.8, 4) is 0 Å². The van der Waals surface area contributed by atoms with Crippen molar-refractivity contribution in [2.24, 2.45) is 10.8 Å². The van der Waals surface area contributed by atoms with Crippen LogP contribution in [0.5, 0.6) is 0 Å². The summed E-state index contributed by atoms with van der Waals surface area (Å²) in [5, 5.41) is 30.2. The number of likely N-dealkylation sites (N-methyl/N-ethyl adjacent to an activating group) is 2. The van der Waals surface area contributed by atoms with Crippen LogP contribution in [0.4, 0.5) is 0 Å². The lowest BCUT2D eigenvalue weighted by atomic mass is 9.85. The van der Waals surface area contributed by atoms with Crippen molar-refractivity contribution in [3.05, 3.63) is 89.2 Å². The molecule has 75 heavy (non-hydrogen) atoms. The summed E-state index contributed by atoms with van der Waals surface area (Å²) in [7, 11) is 3.27. The molecule has 0 radical (unpaired) electrons. The normalized spacial score (nSPS) is 19.8. The van der Waals surface area contributed by atoms with Gasteiger partial charge in [-0.3, -0.25) is 43.5 Å². The van der Waals surface area contributed by atoms with Crippen molar-refractivity contribution >= 4 is 72.1 Å². The molecule has 0 bridgehead atoms. The minimum absolute atomic E-state index is 0. The summed E-state index contributed by atoms with van der Waals surface area (Å²) in [5.41, 5.74) is 0.317. The molecule has 3 aromatic rings. The van der Waals surface area contributed by atoms with Gasteiger partial charge in [-0.1, -0.05) is 102 Å². The smallest absolute Gasteiger partial charge is 0.272 e. The van der Waals surface area contributed by atoms with Crippen LogP contribution in [-0.4, -0.2) is 155 Å². The number of carbonyl (C=O) groups is 8. The average Bonchev–Trinajstić information content (AvgIpc) is 4.11. The number of hydrogen-bond acceptors (Lipinski definition) is 11. The van der Waals surface area contributed by atoms with Crippen LogP contribution in [0.3, 0.4) is 0 Å². The predicted octanol–water partition coefficient (Wildman–Crippen LogP) is 2.42. The van der Waals surface area contributed by atoms with E-state index in [0.29, 0.717) is 12.8 Å². The van der Waals surface area contributed by atoms with Crippen LogP contribution in [0.15, 0.2) is 66.7 Å². The van der Waals surface area contributed by atoms with Crippen LogP contribution in [0.2, 0.25) is 0 Å². The second kappa shape index (κ2) is 27.6. The molecule has 2 fully saturated rings. The Morgan fingerprint density at radius 2 is 0.960 bits per heavy atom. The maximum Gasteiger partial charge on any atom is 0.272 e. The van der Waals surface area contributed by atoms with E-state index in [0.717, 1.165) is 11.1 Å². The van der Waals surface area contributed by atoms with Crippen LogP contribution in [-0.2, 0) is 41.6 Å². The molecule has 1 aromatic heterocycles. The minimum atomic E-state index is -1.01. The number of benzene rings is 2. The van der Waals surface area contributed by atoms with Gasteiger partial charge in [-0.15, -0.1) is 24.8 Å². The lowest BCUT2D eigenvalue weighted by Gasteiger charge is -2.36. The van der Waals surface area contributed by atoms with Crippen LogP contribution >= 0.6 is 24.8 Å². The number of aromatic amines is 1. The Bertz CT molecular complexity index is 2270. The highest BCUT2D eigenvalue weighted by molar-refractivity contribution is 5.99. The topological polar surface area (TPSA) is 268 Å². The average molecular weight is 1080 g/mol. The third-order valence-corrected chi connectivity index (χ3v) is 13.5. The molecule has 2 aromatic carbocycles. The summed E-state index contributed by atoms with van der Waals surface area (Å²) in [5.74, 6) is -3.88. The zero-order valence-corrected chi connectivity index (χ0v) is 46.9.